The maximum absolute atomic E-state index is 6.65. The standard InChI is InChI=1S/C54H35NO/c1-2-14-41-35-42(24-23-36(41)11-1)37-25-30-43(31-26-37)55(44-32-27-40(28-33-44)46-19-9-15-38-12-3-5-16-45(38)46)51-21-8-7-18-48(51)49-20-10-22-52-53(49)50-34-29-39-13-4-6-17-47(39)54(50)56-52/h1-35H. The Morgan fingerprint density at radius 3 is 1.68 bits per heavy atom. The molecule has 0 aliphatic carbocycles. The van der Waals surface area contributed by atoms with Gasteiger partial charge in [-0.15, -0.1) is 0 Å². The van der Waals surface area contributed by atoms with E-state index in [9.17, 15) is 0 Å². The molecule has 10 aromatic carbocycles. The second kappa shape index (κ2) is 13.2. The van der Waals surface area contributed by atoms with E-state index in [0.717, 1.165) is 55.5 Å². The molecule has 0 fully saturated rings. The maximum atomic E-state index is 6.65. The van der Waals surface area contributed by atoms with Crippen LogP contribution in [0.1, 0.15) is 0 Å². The molecule has 0 saturated heterocycles. The third-order valence-corrected chi connectivity index (χ3v) is 11.3. The van der Waals surface area contributed by atoms with E-state index in [1.165, 1.54) is 49.2 Å². The average Bonchev–Trinajstić information content (AvgIpc) is 3.67. The minimum atomic E-state index is 0.884. The smallest absolute Gasteiger partial charge is 0.143 e. The van der Waals surface area contributed by atoms with Crippen molar-refractivity contribution < 1.29 is 4.42 Å². The monoisotopic (exact) mass is 713 g/mol. The lowest BCUT2D eigenvalue weighted by Gasteiger charge is -2.28. The Bertz CT molecular complexity index is 3240. The van der Waals surface area contributed by atoms with Crippen LogP contribution in [0.25, 0.3) is 87.6 Å². The van der Waals surface area contributed by atoms with Crippen LogP contribution in [0.3, 0.4) is 0 Å². The third kappa shape index (κ3) is 5.34. The van der Waals surface area contributed by atoms with Crippen LogP contribution in [0.5, 0.6) is 0 Å². The minimum absolute atomic E-state index is 0.884. The molecule has 2 heteroatoms. The van der Waals surface area contributed by atoms with Gasteiger partial charge >= 0.3 is 0 Å². The van der Waals surface area contributed by atoms with E-state index in [2.05, 4.69) is 217 Å². The van der Waals surface area contributed by atoms with Gasteiger partial charge in [-0.05, 0) is 103 Å². The van der Waals surface area contributed by atoms with Crippen molar-refractivity contribution in [2.45, 2.75) is 0 Å². The van der Waals surface area contributed by atoms with Crippen molar-refractivity contribution in [2.24, 2.45) is 0 Å². The quantitative estimate of drug-likeness (QED) is 0.171. The van der Waals surface area contributed by atoms with Crippen LogP contribution < -0.4 is 4.90 Å². The molecule has 56 heavy (non-hydrogen) atoms. The van der Waals surface area contributed by atoms with Crippen LogP contribution in [0.15, 0.2) is 217 Å². The molecular formula is C54H35NO. The van der Waals surface area contributed by atoms with Crippen LogP contribution >= 0.6 is 0 Å². The second-order valence-electron chi connectivity index (χ2n) is 14.5. The Hall–Kier alpha value is -7.42. The summed E-state index contributed by atoms with van der Waals surface area (Å²) in [5.74, 6) is 0. The van der Waals surface area contributed by atoms with E-state index in [4.69, 9.17) is 4.42 Å². The Morgan fingerprint density at radius 1 is 0.321 bits per heavy atom. The SMILES string of the molecule is c1ccc(N(c2ccc(-c3ccc4ccccc4c3)cc2)c2ccc(-c3cccc4ccccc34)cc2)c(-c2cccc3oc4c5ccccc5ccc4c23)c1. The molecule has 0 aliphatic rings. The highest BCUT2D eigenvalue weighted by Gasteiger charge is 2.21. The molecule has 2 nitrogen and oxygen atoms in total. The number of rotatable bonds is 6. The zero-order valence-corrected chi connectivity index (χ0v) is 30.6. The molecule has 0 unspecified atom stereocenters. The number of fused-ring (bicyclic) bond motifs is 7. The summed E-state index contributed by atoms with van der Waals surface area (Å²) < 4.78 is 6.65. The lowest BCUT2D eigenvalue weighted by molar-refractivity contribution is 0.673. The summed E-state index contributed by atoms with van der Waals surface area (Å²) in [7, 11) is 0. The largest absolute Gasteiger partial charge is 0.455 e. The molecule has 0 N–H and O–H groups in total. The number of anilines is 3. The fourth-order valence-electron chi connectivity index (χ4n) is 8.54. The molecule has 1 aromatic heterocycles. The molecule has 0 atom stereocenters. The fourth-order valence-corrected chi connectivity index (χ4v) is 8.54. The van der Waals surface area contributed by atoms with Crippen LogP contribution in [0.4, 0.5) is 17.1 Å². The zero-order chi connectivity index (χ0) is 37.0. The highest BCUT2D eigenvalue weighted by molar-refractivity contribution is 6.19. The van der Waals surface area contributed by atoms with Crippen molar-refractivity contribution in [1.82, 2.24) is 0 Å². The molecule has 0 saturated carbocycles. The van der Waals surface area contributed by atoms with E-state index >= 15 is 0 Å². The van der Waals surface area contributed by atoms with E-state index in [1.807, 2.05) is 0 Å². The summed E-state index contributed by atoms with van der Waals surface area (Å²) in [6.07, 6.45) is 0. The molecule has 0 aliphatic heterocycles. The number of benzene rings is 10. The van der Waals surface area contributed by atoms with Gasteiger partial charge in [-0.25, -0.2) is 0 Å². The van der Waals surface area contributed by atoms with Crippen molar-refractivity contribution in [3.63, 3.8) is 0 Å². The van der Waals surface area contributed by atoms with Gasteiger partial charge in [-0.2, -0.15) is 0 Å². The van der Waals surface area contributed by atoms with Gasteiger partial charge in [0, 0.05) is 33.1 Å². The molecule has 0 amide bonds. The molecule has 0 spiro atoms. The summed E-state index contributed by atoms with van der Waals surface area (Å²) in [4.78, 5) is 2.39. The van der Waals surface area contributed by atoms with E-state index < -0.39 is 0 Å². The van der Waals surface area contributed by atoms with Crippen molar-refractivity contribution in [3.8, 4) is 33.4 Å². The topological polar surface area (TPSA) is 16.4 Å². The summed E-state index contributed by atoms with van der Waals surface area (Å²) in [6, 6.07) is 76.5. The van der Waals surface area contributed by atoms with Crippen molar-refractivity contribution >= 4 is 71.3 Å². The fraction of sp³-hybridized carbons (Fsp3) is 0. The first-order chi connectivity index (χ1) is 27.8. The first-order valence-electron chi connectivity index (χ1n) is 19.2. The third-order valence-electron chi connectivity index (χ3n) is 11.3. The van der Waals surface area contributed by atoms with Gasteiger partial charge < -0.3 is 9.32 Å². The zero-order valence-electron chi connectivity index (χ0n) is 30.6. The van der Waals surface area contributed by atoms with Gasteiger partial charge in [0.1, 0.15) is 11.2 Å². The lowest BCUT2D eigenvalue weighted by atomic mass is 9.95. The van der Waals surface area contributed by atoms with Gasteiger partial charge in [0.25, 0.3) is 0 Å². The molecule has 11 aromatic rings. The van der Waals surface area contributed by atoms with Gasteiger partial charge in [0.15, 0.2) is 0 Å². The molecule has 11 rings (SSSR count). The molecule has 1 heterocycles. The van der Waals surface area contributed by atoms with E-state index in [1.54, 1.807) is 0 Å². The highest BCUT2D eigenvalue weighted by Crippen LogP contribution is 2.46. The predicted octanol–water partition coefficient (Wildman–Crippen LogP) is 15.5. The number of para-hydroxylation sites is 1. The minimum Gasteiger partial charge on any atom is -0.455 e. The van der Waals surface area contributed by atoms with Crippen LogP contribution in [-0.4, -0.2) is 0 Å². The van der Waals surface area contributed by atoms with Crippen molar-refractivity contribution in [1.29, 1.82) is 0 Å². The average molecular weight is 714 g/mol. The summed E-state index contributed by atoms with van der Waals surface area (Å²) >= 11 is 0. The Kier molecular flexibility index (Phi) is 7.53. The number of hydrogen-bond donors (Lipinski definition) is 0. The Balaban J connectivity index is 1.08. The second-order valence-corrected chi connectivity index (χ2v) is 14.5. The van der Waals surface area contributed by atoms with Crippen molar-refractivity contribution in [2.75, 3.05) is 4.90 Å². The van der Waals surface area contributed by atoms with Gasteiger partial charge in [0.2, 0.25) is 0 Å². The lowest BCUT2D eigenvalue weighted by Crippen LogP contribution is -2.11. The summed E-state index contributed by atoms with van der Waals surface area (Å²) in [5, 5.41) is 9.52. The van der Waals surface area contributed by atoms with Crippen LogP contribution in [-0.2, 0) is 0 Å². The maximum Gasteiger partial charge on any atom is 0.143 e. The first-order valence-corrected chi connectivity index (χ1v) is 19.2. The van der Waals surface area contributed by atoms with Crippen molar-refractivity contribution in [3.05, 3.63) is 212 Å². The Morgan fingerprint density at radius 2 is 0.875 bits per heavy atom. The summed E-state index contributed by atoms with van der Waals surface area (Å²) in [6.45, 7) is 0. The normalized spacial score (nSPS) is 11.6. The number of hydrogen-bond acceptors (Lipinski definition) is 2. The highest BCUT2D eigenvalue weighted by atomic mass is 16.3. The van der Waals surface area contributed by atoms with E-state index in [-0.39, 0.29) is 0 Å². The number of nitrogens with zero attached hydrogens (tertiary/aromatic N) is 1. The van der Waals surface area contributed by atoms with Gasteiger partial charge in [-0.3, -0.25) is 0 Å². The molecular weight excluding hydrogens is 679 g/mol. The first kappa shape index (κ1) is 32.0. The van der Waals surface area contributed by atoms with Crippen LogP contribution in [0.2, 0.25) is 0 Å². The van der Waals surface area contributed by atoms with Gasteiger partial charge in [-0.1, -0.05) is 164 Å². The molecule has 262 valence electrons. The molecule has 0 radical (unpaired) electrons. The van der Waals surface area contributed by atoms with E-state index in [0.29, 0.717) is 0 Å². The van der Waals surface area contributed by atoms with Gasteiger partial charge in [0.05, 0.1) is 5.69 Å². The number of furan rings is 1. The Labute approximate surface area is 325 Å². The van der Waals surface area contributed by atoms with Crippen LogP contribution in [0, 0.1) is 0 Å². The molecule has 0 bridgehead atoms. The predicted molar refractivity (Wildman–Crippen MR) is 237 cm³/mol. The summed E-state index contributed by atoms with van der Waals surface area (Å²) in [5.41, 5.74) is 12.1.